The average Bonchev–Trinajstić information content (AvgIpc) is 3.35. The second-order valence-corrected chi connectivity index (χ2v) is 12.2. The van der Waals surface area contributed by atoms with Crippen LogP contribution in [0.5, 0.6) is 0 Å². The van der Waals surface area contributed by atoms with Crippen LogP contribution in [0, 0.1) is 0 Å². The van der Waals surface area contributed by atoms with Crippen molar-refractivity contribution in [3.05, 3.63) is 40.9 Å². The average molecular weight is 510 g/mol. The maximum atomic E-state index is 13.1. The van der Waals surface area contributed by atoms with Crippen LogP contribution in [0.4, 0.5) is 5.13 Å². The van der Waals surface area contributed by atoms with Gasteiger partial charge in [0.15, 0.2) is 26.8 Å². The van der Waals surface area contributed by atoms with Crippen LogP contribution in [0.25, 0.3) is 0 Å². The Balaban J connectivity index is 1.55. The smallest absolute Gasteiger partial charge is 0.280 e. The lowest BCUT2D eigenvalue weighted by Gasteiger charge is -2.22. The summed E-state index contributed by atoms with van der Waals surface area (Å²) >= 11 is 1.02. The standard InChI is InChI=1S/C22H27N3O7S2/c1-22(2,28)19(26)17-11-23-21(33-17)24-20(27)18(25-32-14-9-10-31-12-14)13-3-5-15(6-4-13)34(29,30)16-7-8-16/h3-6,11,14,16,19,26,28H,7-10,12H2,1-2H3,(H,23,24,27)/b25-18+/t14-,19?/m1/s1. The molecule has 1 aliphatic heterocycles. The Morgan fingerprint density at radius 3 is 2.59 bits per heavy atom. The summed E-state index contributed by atoms with van der Waals surface area (Å²) in [6.07, 6.45) is 1.88. The molecule has 3 N–H and O–H groups in total. The van der Waals surface area contributed by atoms with Gasteiger partial charge in [-0.25, -0.2) is 13.4 Å². The Hall–Kier alpha value is -2.38. The second-order valence-electron chi connectivity index (χ2n) is 8.88. The maximum Gasteiger partial charge on any atom is 0.280 e. The minimum absolute atomic E-state index is 0.0537. The zero-order valence-corrected chi connectivity index (χ0v) is 20.4. The number of sulfone groups is 1. The van der Waals surface area contributed by atoms with Crippen molar-refractivity contribution in [3.8, 4) is 0 Å². The van der Waals surface area contributed by atoms with Crippen molar-refractivity contribution >= 4 is 37.9 Å². The molecule has 1 aromatic carbocycles. The van der Waals surface area contributed by atoms with E-state index in [0.717, 1.165) is 11.3 Å². The number of rotatable bonds is 9. The molecule has 34 heavy (non-hydrogen) atoms. The van der Waals surface area contributed by atoms with Crippen LogP contribution < -0.4 is 5.32 Å². The molecule has 0 radical (unpaired) electrons. The first-order valence-electron chi connectivity index (χ1n) is 10.9. The molecule has 184 valence electrons. The van der Waals surface area contributed by atoms with E-state index in [4.69, 9.17) is 9.57 Å². The molecule has 1 saturated heterocycles. The fraction of sp³-hybridized carbons (Fsp3) is 0.500. The molecule has 2 aliphatic rings. The molecule has 1 amide bonds. The number of aromatic nitrogens is 1. The number of nitrogens with zero attached hydrogens (tertiary/aromatic N) is 2. The van der Waals surface area contributed by atoms with Gasteiger partial charge in [-0.15, -0.1) is 0 Å². The number of thiazole rings is 1. The Bertz CT molecular complexity index is 1160. The van der Waals surface area contributed by atoms with Crippen molar-refractivity contribution in [2.75, 3.05) is 18.5 Å². The van der Waals surface area contributed by atoms with Gasteiger partial charge in [0.2, 0.25) is 0 Å². The van der Waals surface area contributed by atoms with E-state index >= 15 is 0 Å². The predicted octanol–water partition coefficient (Wildman–Crippen LogP) is 2.03. The van der Waals surface area contributed by atoms with E-state index in [-0.39, 0.29) is 27.1 Å². The lowest BCUT2D eigenvalue weighted by molar-refractivity contribution is -0.110. The van der Waals surface area contributed by atoms with Crippen molar-refractivity contribution in [3.63, 3.8) is 0 Å². The number of oxime groups is 1. The highest BCUT2D eigenvalue weighted by molar-refractivity contribution is 7.92. The normalized spacial score (nSPS) is 20.2. The van der Waals surface area contributed by atoms with Gasteiger partial charge in [-0.1, -0.05) is 28.6 Å². The topological polar surface area (TPSA) is 147 Å². The summed E-state index contributed by atoms with van der Waals surface area (Å²) in [7, 11) is -3.36. The fourth-order valence-corrected chi connectivity index (χ4v) is 5.93. The number of hydrogen-bond acceptors (Lipinski definition) is 10. The van der Waals surface area contributed by atoms with Crippen LogP contribution in [0.15, 0.2) is 40.5 Å². The van der Waals surface area contributed by atoms with Gasteiger partial charge in [-0.05, 0) is 38.8 Å². The van der Waals surface area contributed by atoms with Gasteiger partial charge in [0.05, 0.1) is 33.8 Å². The van der Waals surface area contributed by atoms with Gasteiger partial charge in [0.1, 0.15) is 6.10 Å². The molecule has 1 aliphatic carbocycles. The number of hydrogen-bond donors (Lipinski definition) is 3. The summed E-state index contributed by atoms with van der Waals surface area (Å²) in [5.41, 5.74) is -1.05. The number of anilines is 1. The van der Waals surface area contributed by atoms with Crippen LogP contribution in [0.3, 0.4) is 0 Å². The Morgan fingerprint density at radius 1 is 1.29 bits per heavy atom. The molecular formula is C22H27N3O7S2. The lowest BCUT2D eigenvalue weighted by Crippen LogP contribution is -2.27. The monoisotopic (exact) mass is 509 g/mol. The molecular weight excluding hydrogens is 482 g/mol. The Labute approximate surface area is 201 Å². The number of benzene rings is 1. The summed E-state index contributed by atoms with van der Waals surface area (Å²) in [6, 6.07) is 5.97. The summed E-state index contributed by atoms with van der Waals surface area (Å²) in [4.78, 5) is 23.3. The van der Waals surface area contributed by atoms with E-state index in [1.54, 1.807) is 0 Å². The Morgan fingerprint density at radius 2 is 2.00 bits per heavy atom. The van der Waals surface area contributed by atoms with E-state index in [1.165, 1.54) is 44.3 Å². The fourth-order valence-electron chi connectivity index (χ4n) is 3.30. The summed E-state index contributed by atoms with van der Waals surface area (Å²) in [6.45, 7) is 3.84. The molecule has 0 bridgehead atoms. The molecule has 12 heteroatoms. The first-order valence-corrected chi connectivity index (χ1v) is 13.3. The highest BCUT2D eigenvalue weighted by Crippen LogP contribution is 2.34. The molecule has 4 rings (SSSR count). The number of aliphatic hydroxyl groups excluding tert-OH is 1. The third kappa shape index (κ3) is 5.63. The molecule has 1 saturated carbocycles. The first-order chi connectivity index (χ1) is 16.1. The molecule has 2 atom stereocenters. The third-order valence-electron chi connectivity index (χ3n) is 5.50. The van der Waals surface area contributed by atoms with E-state index in [9.17, 15) is 23.4 Å². The van der Waals surface area contributed by atoms with Crippen LogP contribution in [-0.2, 0) is 24.2 Å². The highest BCUT2D eigenvalue weighted by atomic mass is 32.2. The molecule has 0 spiro atoms. The van der Waals surface area contributed by atoms with Gasteiger partial charge >= 0.3 is 0 Å². The van der Waals surface area contributed by atoms with Gasteiger partial charge in [-0.3, -0.25) is 10.1 Å². The first kappa shape index (κ1) is 24.7. The minimum atomic E-state index is -3.36. The minimum Gasteiger partial charge on any atom is -0.389 e. The summed E-state index contributed by atoms with van der Waals surface area (Å²) in [5.74, 6) is -0.615. The largest absolute Gasteiger partial charge is 0.389 e. The Kier molecular flexibility index (Phi) is 7.06. The molecule has 1 aromatic heterocycles. The van der Waals surface area contributed by atoms with Gasteiger partial charge in [0.25, 0.3) is 5.91 Å². The molecule has 2 aromatic rings. The van der Waals surface area contributed by atoms with Gasteiger partial charge in [0, 0.05) is 18.2 Å². The van der Waals surface area contributed by atoms with Crippen molar-refractivity contribution in [1.29, 1.82) is 0 Å². The van der Waals surface area contributed by atoms with Gasteiger partial charge < -0.3 is 19.8 Å². The summed E-state index contributed by atoms with van der Waals surface area (Å²) < 4.78 is 30.2. The number of carbonyl (C=O) groups excluding carboxylic acids is 1. The number of nitrogens with one attached hydrogen (secondary N) is 1. The predicted molar refractivity (Wildman–Crippen MR) is 125 cm³/mol. The molecule has 2 heterocycles. The van der Waals surface area contributed by atoms with Gasteiger partial charge in [-0.2, -0.15) is 0 Å². The van der Waals surface area contributed by atoms with Crippen molar-refractivity contribution in [1.82, 2.24) is 4.98 Å². The number of carbonyl (C=O) groups is 1. The second kappa shape index (κ2) is 9.70. The van der Waals surface area contributed by atoms with Crippen molar-refractivity contribution in [2.45, 2.75) is 61.1 Å². The number of amides is 1. The maximum absolute atomic E-state index is 13.1. The van der Waals surface area contributed by atoms with E-state index < -0.39 is 27.4 Å². The van der Waals surface area contributed by atoms with Crippen LogP contribution in [-0.4, -0.2) is 65.4 Å². The quantitative estimate of drug-likeness (QED) is 0.344. The zero-order valence-electron chi connectivity index (χ0n) is 18.8. The third-order valence-corrected chi connectivity index (χ3v) is 8.74. The summed E-state index contributed by atoms with van der Waals surface area (Å²) in [5, 5.41) is 26.8. The van der Waals surface area contributed by atoms with E-state index in [2.05, 4.69) is 15.5 Å². The molecule has 2 fully saturated rings. The van der Waals surface area contributed by atoms with E-state index in [0.29, 0.717) is 42.9 Å². The van der Waals surface area contributed by atoms with Crippen LogP contribution in [0.1, 0.15) is 49.7 Å². The zero-order chi connectivity index (χ0) is 24.5. The van der Waals surface area contributed by atoms with Crippen molar-refractivity contribution in [2.24, 2.45) is 5.16 Å². The number of ether oxygens (including phenoxy) is 1. The molecule has 10 nitrogen and oxygen atoms in total. The van der Waals surface area contributed by atoms with Crippen LogP contribution >= 0.6 is 11.3 Å². The number of aliphatic hydroxyl groups is 2. The lowest BCUT2D eigenvalue weighted by atomic mass is 10.0. The van der Waals surface area contributed by atoms with E-state index in [1.807, 2.05) is 0 Å². The molecule has 1 unspecified atom stereocenters. The van der Waals surface area contributed by atoms with Crippen LogP contribution in [0.2, 0.25) is 0 Å². The SMILES string of the molecule is CC(C)(O)C(O)c1cnc(NC(=O)/C(=N/O[C@@H]2CCOC2)c2ccc(S(=O)(=O)C3CC3)cc2)s1. The highest BCUT2D eigenvalue weighted by Gasteiger charge is 2.37. The van der Waals surface area contributed by atoms with Crippen molar-refractivity contribution < 1.29 is 33.0 Å².